The van der Waals surface area contributed by atoms with Gasteiger partial charge in [-0.25, -0.2) is 4.39 Å². The Bertz CT molecular complexity index is 1050. The molecule has 168 valence electrons. The van der Waals surface area contributed by atoms with E-state index in [1.807, 2.05) is 39.8 Å². The summed E-state index contributed by atoms with van der Waals surface area (Å²) in [6.45, 7) is 7.02. The van der Waals surface area contributed by atoms with Crippen LogP contribution >= 0.6 is 11.8 Å². The molecule has 3 aromatic rings. The number of ether oxygens (including phenoxy) is 1. The number of morpholine rings is 1. The molecule has 0 aliphatic carbocycles. The summed E-state index contributed by atoms with van der Waals surface area (Å²) >= 11 is 1.37. The lowest BCUT2D eigenvalue weighted by Gasteiger charge is -2.30. The van der Waals surface area contributed by atoms with Crippen LogP contribution < -0.4 is 0 Å². The number of hydrogen-bond donors (Lipinski definition) is 0. The van der Waals surface area contributed by atoms with Crippen LogP contribution in [-0.4, -0.2) is 51.9 Å². The topological polar surface area (TPSA) is 60.2 Å². The molecule has 8 heteroatoms. The van der Waals surface area contributed by atoms with Gasteiger partial charge >= 0.3 is 0 Å². The van der Waals surface area contributed by atoms with Crippen LogP contribution in [0.3, 0.4) is 0 Å². The highest BCUT2D eigenvalue weighted by molar-refractivity contribution is 8.00. The van der Waals surface area contributed by atoms with E-state index >= 15 is 0 Å². The molecule has 1 saturated heterocycles. The van der Waals surface area contributed by atoms with Crippen LogP contribution in [0.15, 0.2) is 59.8 Å². The molecule has 1 fully saturated rings. The van der Waals surface area contributed by atoms with Gasteiger partial charge in [-0.1, -0.05) is 68.1 Å². The zero-order valence-electron chi connectivity index (χ0n) is 18.3. The summed E-state index contributed by atoms with van der Waals surface area (Å²) < 4.78 is 21.9. The van der Waals surface area contributed by atoms with Crippen molar-refractivity contribution in [2.45, 2.75) is 30.8 Å². The molecular weight excluding hydrogens is 427 g/mol. The predicted octanol–water partition coefficient (Wildman–Crippen LogP) is 4.43. The van der Waals surface area contributed by atoms with Gasteiger partial charge in [0.1, 0.15) is 11.1 Å². The van der Waals surface area contributed by atoms with E-state index in [1.165, 1.54) is 17.8 Å². The average Bonchev–Trinajstić information content (AvgIpc) is 3.19. The lowest BCUT2D eigenvalue weighted by atomic mass is 10.1. The van der Waals surface area contributed by atoms with Crippen molar-refractivity contribution in [3.63, 3.8) is 0 Å². The third-order valence-corrected chi connectivity index (χ3v) is 6.47. The quantitative estimate of drug-likeness (QED) is 0.494. The second-order valence-corrected chi connectivity index (χ2v) is 9.21. The molecule has 32 heavy (non-hydrogen) atoms. The van der Waals surface area contributed by atoms with Crippen molar-refractivity contribution in [2.24, 2.45) is 5.92 Å². The fourth-order valence-corrected chi connectivity index (χ4v) is 4.82. The summed E-state index contributed by atoms with van der Waals surface area (Å²) in [5, 5.41) is 8.85. The lowest BCUT2D eigenvalue weighted by Crippen LogP contribution is -2.42. The summed E-state index contributed by atoms with van der Waals surface area (Å²) in [4.78, 5) is 15.3. The molecule has 1 amide bonds. The van der Waals surface area contributed by atoms with E-state index in [1.54, 1.807) is 18.2 Å². The summed E-state index contributed by atoms with van der Waals surface area (Å²) in [6, 6.07) is 16.3. The number of aromatic nitrogens is 3. The number of thioether (sulfide) groups is 1. The molecule has 1 atom stereocenters. The van der Waals surface area contributed by atoms with E-state index in [0.29, 0.717) is 55.3 Å². The van der Waals surface area contributed by atoms with Crippen molar-refractivity contribution in [3.8, 4) is 11.4 Å². The minimum absolute atomic E-state index is 0.0241. The predicted molar refractivity (Wildman–Crippen MR) is 123 cm³/mol. The maximum absolute atomic E-state index is 14.5. The molecular formula is C24H27FN4O2S. The Morgan fingerprint density at radius 2 is 1.75 bits per heavy atom. The van der Waals surface area contributed by atoms with Gasteiger partial charge in [0.25, 0.3) is 0 Å². The van der Waals surface area contributed by atoms with E-state index in [-0.39, 0.29) is 11.7 Å². The number of nitrogens with zero attached hydrogens (tertiary/aromatic N) is 4. The van der Waals surface area contributed by atoms with Crippen molar-refractivity contribution >= 4 is 17.7 Å². The Hall–Kier alpha value is -2.71. The van der Waals surface area contributed by atoms with E-state index < -0.39 is 5.25 Å². The first-order valence-electron chi connectivity index (χ1n) is 10.8. The maximum Gasteiger partial charge on any atom is 0.240 e. The van der Waals surface area contributed by atoms with Crippen LogP contribution in [0.25, 0.3) is 11.4 Å². The highest BCUT2D eigenvalue weighted by Crippen LogP contribution is 2.38. The lowest BCUT2D eigenvalue weighted by molar-refractivity contribution is -0.134. The third-order valence-electron chi connectivity index (χ3n) is 5.25. The molecule has 0 saturated carbocycles. The van der Waals surface area contributed by atoms with Gasteiger partial charge in [-0.15, -0.1) is 10.2 Å². The zero-order chi connectivity index (χ0) is 22.5. The SMILES string of the molecule is CC(C)Cn1c(S[C@@H](C(=O)N2CCOCC2)c2ccccc2)nnc1-c1ccccc1F. The number of carbonyl (C=O) groups excluding carboxylic acids is 1. The third kappa shape index (κ3) is 5.02. The molecule has 1 aliphatic heterocycles. The van der Waals surface area contributed by atoms with Gasteiger partial charge < -0.3 is 14.2 Å². The minimum Gasteiger partial charge on any atom is -0.378 e. The molecule has 2 aromatic carbocycles. The van der Waals surface area contributed by atoms with Crippen molar-refractivity contribution in [1.82, 2.24) is 19.7 Å². The largest absolute Gasteiger partial charge is 0.378 e. The van der Waals surface area contributed by atoms with Gasteiger partial charge in [-0.3, -0.25) is 4.79 Å². The molecule has 0 N–H and O–H groups in total. The van der Waals surface area contributed by atoms with Crippen LogP contribution in [0, 0.1) is 11.7 Å². The number of hydrogen-bond acceptors (Lipinski definition) is 5. The van der Waals surface area contributed by atoms with Crippen LogP contribution in [0.5, 0.6) is 0 Å². The fraction of sp³-hybridized carbons (Fsp3) is 0.375. The minimum atomic E-state index is -0.474. The molecule has 0 bridgehead atoms. The molecule has 0 unspecified atom stereocenters. The molecule has 0 radical (unpaired) electrons. The molecule has 4 rings (SSSR count). The van der Waals surface area contributed by atoms with E-state index in [9.17, 15) is 9.18 Å². The Balaban J connectivity index is 1.71. The highest BCUT2D eigenvalue weighted by Gasteiger charge is 2.30. The van der Waals surface area contributed by atoms with E-state index in [0.717, 1.165) is 5.56 Å². The summed E-state index contributed by atoms with van der Waals surface area (Å²) in [7, 11) is 0. The molecule has 1 aromatic heterocycles. The normalized spacial score (nSPS) is 15.2. The van der Waals surface area contributed by atoms with E-state index in [2.05, 4.69) is 24.0 Å². The molecule has 1 aliphatic rings. The Morgan fingerprint density at radius 1 is 1.06 bits per heavy atom. The second kappa shape index (κ2) is 10.3. The molecule has 2 heterocycles. The number of halogens is 1. The van der Waals surface area contributed by atoms with Crippen molar-refractivity contribution in [1.29, 1.82) is 0 Å². The smallest absolute Gasteiger partial charge is 0.240 e. The zero-order valence-corrected chi connectivity index (χ0v) is 19.1. The van der Waals surface area contributed by atoms with Gasteiger partial charge in [0.15, 0.2) is 11.0 Å². The van der Waals surface area contributed by atoms with Gasteiger partial charge in [-0.2, -0.15) is 0 Å². The summed E-state index contributed by atoms with van der Waals surface area (Å²) in [5.74, 6) is 0.451. The first kappa shape index (κ1) is 22.5. The molecule has 6 nitrogen and oxygen atoms in total. The van der Waals surface area contributed by atoms with Gasteiger partial charge in [-0.05, 0) is 23.6 Å². The average molecular weight is 455 g/mol. The summed E-state index contributed by atoms with van der Waals surface area (Å²) in [5.41, 5.74) is 1.31. The van der Waals surface area contributed by atoms with Crippen molar-refractivity contribution in [3.05, 3.63) is 66.0 Å². The standard InChI is InChI=1S/C24H27FN4O2S/c1-17(2)16-29-22(19-10-6-7-11-20(19)25)26-27-24(29)32-21(18-8-4-3-5-9-18)23(30)28-12-14-31-15-13-28/h3-11,17,21H,12-16H2,1-2H3/t21-/m1/s1. The van der Waals surface area contributed by atoms with Crippen LogP contribution in [0.2, 0.25) is 0 Å². The Kier molecular flexibility index (Phi) is 7.22. The van der Waals surface area contributed by atoms with Crippen molar-refractivity contribution < 1.29 is 13.9 Å². The number of amides is 1. The number of benzene rings is 2. The molecule has 0 spiro atoms. The van der Waals surface area contributed by atoms with Crippen molar-refractivity contribution in [2.75, 3.05) is 26.3 Å². The first-order valence-corrected chi connectivity index (χ1v) is 11.7. The Labute approximate surface area is 191 Å². The van der Waals surface area contributed by atoms with Crippen LogP contribution in [0.1, 0.15) is 24.7 Å². The van der Waals surface area contributed by atoms with Gasteiger partial charge in [0, 0.05) is 19.6 Å². The number of carbonyl (C=O) groups is 1. The monoisotopic (exact) mass is 454 g/mol. The Morgan fingerprint density at radius 3 is 2.44 bits per heavy atom. The van der Waals surface area contributed by atoms with Crippen LogP contribution in [-0.2, 0) is 16.1 Å². The second-order valence-electron chi connectivity index (χ2n) is 8.14. The number of rotatable bonds is 7. The highest BCUT2D eigenvalue weighted by atomic mass is 32.2. The summed E-state index contributed by atoms with van der Waals surface area (Å²) in [6.07, 6.45) is 0. The first-order chi connectivity index (χ1) is 15.5. The van der Waals surface area contributed by atoms with Gasteiger partial charge in [0.2, 0.25) is 5.91 Å². The fourth-order valence-electron chi connectivity index (χ4n) is 3.69. The van der Waals surface area contributed by atoms with Gasteiger partial charge in [0.05, 0.1) is 18.8 Å². The van der Waals surface area contributed by atoms with Crippen LogP contribution in [0.4, 0.5) is 4.39 Å². The van der Waals surface area contributed by atoms with E-state index in [4.69, 9.17) is 4.74 Å². The maximum atomic E-state index is 14.5.